The Morgan fingerprint density at radius 3 is 3.00 bits per heavy atom. The molecule has 1 aliphatic rings. The van der Waals surface area contributed by atoms with Crippen molar-refractivity contribution in [1.82, 2.24) is 15.2 Å². The van der Waals surface area contributed by atoms with Gasteiger partial charge in [0.2, 0.25) is 5.91 Å². The Morgan fingerprint density at radius 1 is 1.44 bits per heavy atom. The zero-order chi connectivity index (χ0) is 19.4. The van der Waals surface area contributed by atoms with Crippen LogP contribution in [0, 0.1) is 5.82 Å². The second kappa shape index (κ2) is 8.80. The summed E-state index contributed by atoms with van der Waals surface area (Å²) >= 11 is 7.40. The molecule has 3 rings (SSSR count). The van der Waals surface area contributed by atoms with Gasteiger partial charge in [-0.15, -0.1) is 11.3 Å². The maximum absolute atomic E-state index is 13.3. The molecule has 2 aromatic rings. The minimum absolute atomic E-state index is 0.0434. The Balaban J connectivity index is 1.63. The topological polar surface area (TPSA) is 62.3 Å². The van der Waals surface area contributed by atoms with E-state index < -0.39 is 5.82 Å². The van der Waals surface area contributed by atoms with Gasteiger partial charge in [-0.1, -0.05) is 11.6 Å². The van der Waals surface area contributed by atoms with Crippen LogP contribution in [0.2, 0.25) is 5.02 Å². The zero-order valence-corrected chi connectivity index (χ0v) is 16.6. The maximum Gasteiger partial charge on any atom is 0.253 e. The molecule has 2 amide bonds. The van der Waals surface area contributed by atoms with Crippen molar-refractivity contribution in [3.63, 3.8) is 0 Å². The largest absolute Gasteiger partial charge is 0.356 e. The average molecular weight is 410 g/mol. The van der Waals surface area contributed by atoms with Crippen LogP contribution in [0.1, 0.15) is 46.7 Å². The maximum atomic E-state index is 13.3. The molecular formula is C19H21ClFN3O2S. The van der Waals surface area contributed by atoms with Crippen LogP contribution in [0.4, 0.5) is 4.39 Å². The van der Waals surface area contributed by atoms with Gasteiger partial charge >= 0.3 is 0 Å². The second-order valence-corrected chi connectivity index (χ2v) is 7.93. The number of hydrogen-bond acceptors (Lipinski definition) is 4. The zero-order valence-electron chi connectivity index (χ0n) is 15.0. The molecule has 1 fully saturated rings. The van der Waals surface area contributed by atoms with Crippen LogP contribution in [0.15, 0.2) is 23.6 Å². The third-order valence-corrected chi connectivity index (χ3v) is 5.89. The van der Waals surface area contributed by atoms with Crippen molar-refractivity contribution in [2.24, 2.45) is 0 Å². The van der Waals surface area contributed by atoms with Crippen molar-refractivity contribution in [2.45, 2.75) is 32.1 Å². The normalized spacial score (nSPS) is 17.0. The highest BCUT2D eigenvalue weighted by molar-refractivity contribution is 7.09. The number of halogens is 2. The number of piperidine rings is 1. The molecule has 1 aromatic heterocycles. The van der Waals surface area contributed by atoms with E-state index in [1.54, 1.807) is 16.2 Å². The van der Waals surface area contributed by atoms with Gasteiger partial charge in [0, 0.05) is 49.8 Å². The summed E-state index contributed by atoms with van der Waals surface area (Å²) in [5.41, 5.74) is 1.36. The smallest absolute Gasteiger partial charge is 0.253 e. The summed E-state index contributed by atoms with van der Waals surface area (Å²) in [6.07, 6.45) is 2.57. The first-order valence-electron chi connectivity index (χ1n) is 8.87. The van der Waals surface area contributed by atoms with E-state index in [2.05, 4.69) is 10.3 Å². The quantitative estimate of drug-likeness (QED) is 0.820. The monoisotopic (exact) mass is 409 g/mol. The van der Waals surface area contributed by atoms with E-state index in [-0.39, 0.29) is 22.8 Å². The molecule has 1 saturated heterocycles. The molecule has 2 heterocycles. The van der Waals surface area contributed by atoms with Gasteiger partial charge in [0.15, 0.2) is 0 Å². The number of carbonyl (C=O) groups is 2. The van der Waals surface area contributed by atoms with Crippen LogP contribution in [0.5, 0.6) is 0 Å². The Morgan fingerprint density at radius 2 is 2.26 bits per heavy atom. The molecule has 1 aromatic carbocycles. The lowest BCUT2D eigenvalue weighted by Crippen LogP contribution is -2.39. The predicted octanol–water partition coefficient (Wildman–Crippen LogP) is 3.63. The molecule has 27 heavy (non-hydrogen) atoms. The van der Waals surface area contributed by atoms with Crippen molar-refractivity contribution < 1.29 is 14.0 Å². The van der Waals surface area contributed by atoms with Crippen LogP contribution in [-0.4, -0.2) is 41.3 Å². The lowest BCUT2D eigenvalue weighted by molar-refractivity contribution is -0.118. The van der Waals surface area contributed by atoms with Gasteiger partial charge in [0.25, 0.3) is 5.91 Å². The molecule has 1 atom stereocenters. The molecule has 0 spiro atoms. The highest BCUT2D eigenvalue weighted by Gasteiger charge is 2.27. The number of nitrogens with zero attached hydrogens (tertiary/aromatic N) is 2. The molecule has 0 saturated carbocycles. The number of carbonyl (C=O) groups excluding carboxylic acids is 2. The van der Waals surface area contributed by atoms with Gasteiger partial charge in [-0.2, -0.15) is 0 Å². The molecule has 5 nitrogen and oxygen atoms in total. The van der Waals surface area contributed by atoms with E-state index in [0.717, 1.165) is 23.5 Å². The standard InChI is InChI=1S/C19H21ClFN3O2S/c1-12(25)22-7-6-15-11-27-18(23-15)14-3-2-8-24(10-14)19(26)13-4-5-17(21)16(20)9-13/h4-5,9,11,14H,2-3,6-8,10H2,1H3,(H,22,25). The van der Waals surface area contributed by atoms with Gasteiger partial charge in [0.1, 0.15) is 5.82 Å². The summed E-state index contributed by atoms with van der Waals surface area (Å²) < 4.78 is 13.3. The molecule has 144 valence electrons. The van der Waals surface area contributed by atoms with Gasteiger partial charge in [-0.25, -0.2) is 9.37 Å². The molecular weight excluding hydrogens is 389 g/mol. The highest BCUT2D eigenvalue weighted by Crippen LogP contribution is 2.30. The van der Waals surface area contributed by atoms with Crippen LogP contribution in [0.3, 0.4) is 0 Å². The Labute approximate surface area is 166 Å². The van der Waals surface area contributed by atoms with Crippen molar-refractivity contribution in [1.29, 1.82) is 0 Å². The van der Waals surface area contributed by atoms with Gasteiger partial charge in [-0.05, 0) is 31.0 Å². The van der Waals surface area contributed by atoms with Gasteiger partial charge < -0.3 is 10.2 Å². The summed E-state index contributed by atoms with van der Waals surface area (Å²) in [7, 11) is 0. The number of rotatable bonds is 5. The van der Waals surface area contributed by atoms with Crippen LogP contribution < -0.4 is 5.32 Å². The SMILES string of the molecule is CC(=O)NCCc1csc(C2CCCN(C(=O)c3ccc(F)c(Cl)c3)C2)n1. The molecule has 0 aliphatic carbocycles. The van der Waals surface area contributed by atoms with Crippen LogP contribution in [0.25, 0.3) is 0 Å². The fourth-order valence-corrected chi connectivity index (χ4v) is 4.33. The summed E-state index contributed by atoms with van der Waals surface area (Å²) in [4.78, 5) is 30.2. The molecule has 0 radical (unpaired) electrons. The molecule has 1 unspecified atom stereocenters. The number of amides is 2. The summed E-state index contributed by atoms with van der Waals surface area (Å²) in [5.74, 6) is -0.519. The Bertz CT molecular complexity index is 842. The highest BCUT2D eigenvalue weighted by atomic mass is 35.5. The van der Waals surface area contributed by atoms with E-state index >= 15 is 0 Å². The number of aromatic nitrogens is 1. The summed E-state index contributed by atoms with van der Waals surface area (Å²) in [6, 6.07) is 4.07. The summed E-state index contributed by atoms with van der Waals surface area (Å²) in [5, 5.41) is 5.75. The van der Waals surface area contributed by atoms with Crippen molar-refractivity contribution >= 4 is 34.8 Å². The third kappa shape index (κ3) is 5.05. The van der Waals surface area contributed by atoms with E-state index in [4.69, 9.17) is 11.6 Å². The Kier molecular flexibility index (Phi) is 6.44. The van der Waals surface area contributed by atoms with Crippen molar-refractivity contribution in [3.8, 4) is 0 Å². The van der Waals surface area contributed by atoms with E-state index in [0.29, 0.717) is 31.6 Å². The minimum atomic E-state index is -0.528. The molecule has 1 N–H and O–H groups in total. The fraction of sp³-hybridized carbons (Fsp3) is 0.421. The Hall–Kier alpha value is -1.99. The second-order valence-electron chi connectivity index (χ2n) is 6.63. The van der Waals surface area contributed by atoms with E-state index in [9.17, 15) is 14.0 Å². The summed E-state index contributed by atoms with van der Waals surface area (Å²) in [6.45, 7) is 3.32. The van der Waals surface area contributed by atoms with Crippen LogP contribution in [-0.2, 0) is 11.2 Å². The number of hydrogen-bond donors (Lipinski definition) is 1. The lowest BCUT2D eigenvalue weighted by Gasteiger charge is -2.32. The number of benzene rings is 1. The number of nitrogens with one attached hydrogen (secondary N) is 1. The van der Waals surface area contributed by atoms with Crippen molar-refractivity contribution in [3.05, 3.63) is 50.7 Å². The molecule has 8 heteroatoms. The third-order valence-electron chi connectivity index (χ3n) is 4.55. The molecule has 1 aliphatic heterocycles. The first kappa shape index (κ1) is 19.8. The first-order valence-corrected chi connectivity index (χ1v) is 10.1. The minimum Gasteiger partial charge on any atom is -0.356 e. The number of likely N-dealkylation sites (tertiary alicyclic amines) is 1. The fourth-order valence-electron chi connectivity index (χ4n) is 3.17. The van der Waals surface area contributed by atoms with Crippen LogP contribution >= 0.6 is 22.9 Å². The average Bonchev–Trinajstić information content (AvgIpc) is 3.12. The number of thiazole rings is 1. The van der Waals surface area contributed by atoms with Gasteiger partial charge in [-0.3, -0.25) is 9.59 Å². The van der Waals surface area contributed by atoms with E-state index in [1.165, 1.54) is 25.1 Å². The first-order chi connectivity index (χ1) is 12.9. The van der Waals surface area contributed by atoms with Gasteiger partial charge in [0.05, 0.1) is 15.7 Å². The van der Waals surface area contributed by atoms with Crippen molar-refractivity contribution in [2.75, 3.05) is 19.6 Å². The lowest BCUT2D eigenvalue weighted by atomic mass is 9.98. The molecule has 0 bridgehead atoms. The predicted molar refractivity (Wildman–Crippen MR) is 104 cm³/mol. The van der Waals surface area contributed by atoms with E-state index in [1.807, 2.05) is 5.38 Å².